The Morgan fingerprint density at radius 1 is 1.08 bits per heavy atom. The van der Waals surface area contributed by atoms with Crippen LogP contribution in [0.3, 0.4) is 0 Å². The molecule has 1 aromatic rings. The average molecular weight is 334 g/mol. The Labute approximate surface area is 145 Å². The minimum atomic E-state index is 0.365. The van der Waals surface area contributed by atoms with Gasteiger partial charge in [0.15, 0.2) is 0 Å². The fourth-order valence-electron chi connectivity index (χ4n) is 3.74. The highest BCUT2D eigenvalue weighted by molar-refractivity contribution is 5.27. The van der Waals surface area contributed by atoms with Gasteiger partial charge in [-0.3, -0.25) is 9.80 Å². The lowest BCUT2D eigenvalue weighted by Crippen LogP contribution is -2.46. The molecule has 0 unspecified atom stereocenters. The molecular formula is C19H30N2O3. The van der Waals surface area contributed by atoms with E-state index in [2.05, 4.69) is 21.9 Å². The van der Waals surface area contributed by atoms with Crippen LogP contribution in [0.25, 0.3) is 0 Å². The molecule has 24 heavy (non-hydrogen) atoms. The Kier molecular flexibility index (Phi) is 6.49. The molecule has 0 bridgehead atoms. The van der Waals surface area contributed by atoms with E-state index in [0.29, 0.717) is 12.0 Å². The van der Waals surface area contributed by atoms with Crippen molar-refractivity contribution in [2.45, 2.75) is 19.1 Å². The average Bonchev–Trinajstić information content (AvgIpc) is 2.82. The Bertz CT molecular complexity index is 494. The highest BCUT2D eigenvalue weighted by Gasteiger charge is 2.33. The maximum atomic E-state index is 6.18. The van der Waals surface area contributed by atoms with Crippen LogP contribution in [0.4, 0.5) is 0 Å². The highest BCUT2D eigenvalue weighted by Crippen LogP contribution is 2.25. The zero-order valence-electron chi connectivity index (χ0n) is 14.9. The highest BCUT2D eigenvalue weighted by atomic mass is 16.5. The van der Waals surface area contributed by atoms with Gasteiger partial charge in [0.05, 0.1) is 26.4 Å². The fourth-order valence-corrected chi connectivity index (χ4v) is 3.74. The number of hydrogen-bond acceptors (Lipinski definition) is 5. The summed E-state index contributed by atoms with van der Waals surface area (Å²) in [6.07, 6.45) is 1.58. The van der Waals surface area contributed by atoms with Crippen LogP contribution in [0.1, 0.15) is 12.0 Å². The largest absolute Gasteiger partial charge is 0.497 e. The standard InChI is InChI=1S/C19H30N2O3/c1-22-11-9-20-10-12-24-19-15-21(8-7-17(19)14-20)13-16-3-5-18(23-2)6-4-16/h3-6,17,19H,7-15H2,1-2H3/t17-,19-/m1/s1. The van der Waals surface area contributed by atoms with E-state index in [1.807, 2.05) is 12.1 Å². The number of nitrogens with zero attached hydrogens (tertiary/aromatic N) is 2. The second-order valence-corrected chi connectivity index (χ2v) is 6.83. The fraction of sp³-hybridized carbons (Fsp3) is 0.684. The number of rotatable bonds is 6. The smallest absolute Gasteiger partial charge is 0.118 e. The van der Waals surface area contributed by atoms with Gasteiger partial charge in [0.25, 0.3) is 0 Å². The molecule has 2 heterocycles. The summed E-state index contributed by atoms with van der Waals surface area (Å²) in [4.78, 5) is 5.01. The Balaban J connectivity index is 1.52. The number of hydrogen-bond donors (Lipinski definition) is 0. The predicted molar refractivity (Wildman–Crippen MR) is 94.4 cm³/mol. The summed E-state index contributed by atoms with van der Waals surface area (Å²) in [5.74, 6) is 1.57. The summed E-state index contributed by atoms with van der Waals surface area (Å²) in [7, 11) is 3.48. The van der Waals surface area contributed by atoms with Crippen LogP contribution in [0.15, 0.2) is 24.3 Å². The van der Waals surface area contributed by atoms with Crippen molar-refractivity contribution in [3.05, 3.63) is 29.8 Å². The third-order valence-electron chi connectivity index (χ3n) is 5.19. The van der Waals surface area contributed by atoms with Gasteiger partial charge in [-0.2, -0.15) is 0 Å². The second kappa shape index (κ2) is 8.81. The molecule has 2 aliphatic rings. The van der Waals surface area contributed by atoms with E-state index in [4.69, 9.17) is 14.2 Å². The van der Waals surface area contributed by atoms with Crippen LogP contribution in [0.2, 0.25) is 0 Å². The molecule has 0 radical (unpaired) electrons. The van der Waals surface area contributed by atoms with Gasteiger partial charge in [-0.25, -0.2) is 0 Å². The van der Waals surface area contributed by atoms with Crippen molar-refractivity contribution < 1.29 is 14.2 Å². The molecule has 0 spiro atoms. The summed E-state index contributed by atoms with van der Waals surface area (Å²) in [6, 6.07) is 8.40. The topological polar surface area (TPSA) is 34.2 Å². The zero-order valence-corrected chi connectivity index (χ0v) is 14.9. The lowest BCUT2D eigenvalue weighted by Gasteiger charge is -2.38. The maximum Gasteiger partial charge on any atom is 0.118 e. The minimum absolute atomic E-state index is 0.365. The quantitative estimate of drug-likeness (QED) is 0.793. The molecule has 1 aromatic carbocycles. The molecule has 2 atom stereocenters. The summed E-state index contributed by atoms with van der Waals surface area (Å²) < 4.78 is 16.6. The predicted octanol–water partition coefficient (Wildman–Crippen LogP) is 1.86. The molecule has 0 aromatic heterocycles. The first-order valence-corrected chi connectivity index (χ1v) is 8.96. The summed E-state index contributed by atoms with van der Waals surface area (Å²) in [5, 5.41) is 0. The van der Waals surface area contributed by atoms with Crippen molar-refractivity contribution in [3.63, 3.8) is 0 Å². The van der Waals surface area contributed by atoms with Gasteiger partial charge in [0, 0.05) is 45.8 Å². The van der Waals surface area contributed by atoms with Crippen LogP contribution in [0, 0.1) is 5.92 Å². The molecule has 3 rings (SSSR count). The van der Waals surface area contributed by atoms with E-state index in [1.165, 1.54) is 12.0 Å². The molecule has 0 aliphatic carbocycles. The lowest BCUT2D eigenvalue weighted by molar-refractivity contribution is -0.0242. The summed E-state index contributed by atoms with van der Waals surface area (Å²) >= 11 is 0. The van der Waals surface area contributed by atoms with E-state index in [1.54, 1.807) is 14.2 Å². The van der Waals surface area contributed by atoms with Crippen LogP contribution in [0.5, 0.6) is 5.75 Å². The molecule has 2 aliphatic heterocycles. The van der Waals surface area contributed by atoms with Crippen molar-refractivity contribution in [2.75, 3.05) is 60.2 Å². The SMILES string of the molecule is COCCN1CCO[C@@H]2CN(Cc3ccc(OC)cc3)CC[C@@H]2C1. The molecule has 5 heteroatoms. The van der Waals surface area contributed by atoms with Crippen LogP contribution < -0.4 is 4.74 Å². The molecule has 2 fully saturated rings. The molecular weight excluding hydrogens is 304 g/mol. The Hall–Kier alpha value is -1.14. The van der Waals surface area contributed by atoms with E-state index < -0.39 is 0 Å². The molecule has 0 N–H and O–H groups in total. The number of piperidine rings is 1. The Morgan fingerprint density at radius 2 is 1.92 bits per heavy atom. The number of fused-ring (bicyclic) bond motifs is 1. The number of methoxy groups -OCH3 is 2. The Morgan fingerprint density at radius 3 is 2.67 bits per heavy atom. The first kappa shape index (κ1) is 17.7. The van der Waals surface area contributed by atoms with E-state index in [-0.39, 0.29) is 0 Å². The van der Waals surface area contributed by atoms with Crippen molar-refractivity contribution in [3.8, 4) is 5.75 Å². The number of ether oxygens (including phenoxy) is 3. The normalized spacial score (nSPS) is 25.9. The third-order valence-corrected chi connectivity index (χ3v) is 5.19. The molecule has 0 amide bonds. The van der Waals surface area contributed by atoms with Crippen molar-refractivity contribution in [1.82, 2.24) is 9.80 Å². The second-order valence-electron chi connectivity index (χ2n) is 6.83. The van der Waals surface area contributed by atoms with Gasteiger partial charge in [-0.1, -0.05) is 12.1 Å². The van der Waals surface area contributed by atoms with Gasteiger partial charge < -0.3 is 14.2 Å². The zero-order chi connectivity index (χ0) is 16.8. The van der Waals surface area contributed by atoms with Gasteiger partial charge in [-0.05, 0) is 30.7 Å². The van der Waals surface area contributed by atoms with E-state index >= 15 is 0 Å². The third kappa shape index (κ3) is 4.70. The first-order valence-electron chi connectivity index (χ1n) is 8.96. The van der Waals surface area contributed by atoms with Crippen LogP contribution in [-0.2, 0) is 16.0 Å². The molecule has 2 saturated heterocycles. The molecule has 0 saturated carbocycles. The first-order chi connectivity index (χ1) is 11.8. The molecule has 5 nitrogen and oxygen atoms in total. The summed E-state index contributed by atoms with van der Waals surface area (Å²) in [6.45, 7) is 7.99. The van der Waals surface area contributed by atoms with E-state index in [9.17, 15) is 0 Å². The number of benzene rings is 1. The van der Waals surface area contributed by atoms with Crippen molar-refractivity contribution in [2.24, 2.45) is 5.92 Å². The van der Waals surface area contributed by atoms with Gasteiger partial charge in [0.2, 0.25) is 0 Å². The van der Waals surface area contributed by atoms with Crippen LogP contribution >= 0.6 is 0 Å². The summed E-state index contributed by atoms with van der Waals surface area (Å²) in [5.41, 5.74) is 1.34. The van der Waals surface area contributed by atoms with Gasteiger partial charge in [0.1, 0.15) is 5.75 Å². The van der Waals surface area contributed by atoms with E-state index in [0.717, 1.165) is 58.2 Å². The van der Waals surface area contributed by atoms with Crippen molar-refractivity contribution in [1.29, 1.82) is 0 Å². The van der Waals surface area contributed by atoms with Gasteiger partial charge >= 0.3 is 0 Å². The van der Waals surface area contributed by atoms with Crippen molar-refractivity contribution >= 4 is 0 Å². The van der Waals surface area contributed by atoms with Crippen LogP contribution in [-0.4, -0.2) is 76.1 Å². The van der Waals surface area contributed by atoms with Gasteiger partial charge in [-0.15, -0.1) is 0 Å². The molecule has 134 valence electrons. The number of likely N-dealkylation sites (tertiary alicyclic amines) is 1. The lowest BCUT2D eigenvalue weighted by atomic mass is 9.93. The maximum absolute atomic E-state index is 6.18. The monoisotopic (exact) mass is 334 g/mol. The minimum Gasteiger partial charge on any atom is -0.497 e.